The van der Waals surface area contributed by atoms with Gasteiger partial charge in [0.1, 0.15) is 29.5 Å². The van der Waals surface area contributed by atoms with Crippen molar-refractivity contribution in [3.8, 4) is 11.3 Å². The Morgan fingerprint density at radius 2 is 1.98 bits per heavy atom. The van der Waals surface area contributed by atoms with Gasteiger partial charge in [-0.1, -0.05) is 25.2 Å². The van der Waals surface area contributed by atoms with Crippen LogP contribution in [0.1, 0.15) is 37.6 Å². The number of hydrogen-bond acceptors (Lipinski definition) is 10. The molecule has 0 radical (unpaired) electrons. The number of anilines is 1. The van der Waals surface area contributed by atoms with Gasteiger partial charge in [-0.25, -0.2) is 9.37 Å². The normalized spacial score (nSPS) is 19.5. The van der Waals surface area contributed by atoms with Gasteiger partial charge in [0.2, 0.25) is 0 Å². The van der Waals surface area contributed by atoms with E-state index in [0.717, 1.165) is 30.0 Å². The third kappa shape index (κ3) is 8.53. The first-order chi connectivity index (χ1) is 20.9. The second-order valence-electron chi connectivity index (χ2n) is 10.4. The van der Waals surface area contributed by atoms with Gasteiger partial charge in [0, 0.05) is 61.6 Å². The number of halogens is 5. The Hall–Kier alpha value is -3.11. The topological polar surface area (TPSA) is 102 Å². The van der Waals surface area contributed by atoms with Gasteiger partial charge in [-0.2, -0.15) is 13.2 Å². The summed E-state index contributed by atoms with van der Waals surface area (Å²) in [7, 11) is 0. The molecule has 1 aromatic heterocycles. The highest BCUT2D eigenvalue weighted by atomic mass is 35.5. The average molecular weight is 660 g/mol. The fourth-order valence-corrected chi connectivity index (χ4v) is 6.14. The highest BCUT2D eigenvalue weighted by molar-refractivity contribution is 7.16. The maximum atomic E-state index is 14.3. The van der Waals surface area contributed by atoms with E-state index in [2.05, 4.69) is 41.6 Å². The van der Waals surface area contributed by atoms with E-state index in [1.807, 2.05) is 18.7 Å². The van der Waals surface area contributed by atoms with E-state index < -0.39 is 29.4 Å². The van der Waals surface area contributed by atoms with Crippen LogP contribution in [-0.4, -0.2) is 89.3 Å². The summed E-state index contributed by atoms with van der Waals surface area (Å²) in [6.07, 6.45) is -1.64. The molecule has 44 heavy (non-hydrogen) atoms. The summed E-state index contributed by atoms with van der Waals surface area (Å²) in [5.74, 6) is -2.06. The van der Waals surface area contributed by atoms with Crippen LogP contribution in [0.3, 0.4) is 0 Å². The lowest BCUT2D eigenvalue weighted by Gasteiger charge is -2.42. The molecule has 2 aliphatic rings. The van der Waals surface area contributed by atoms with Crippen LogP contribution < -0.4 is 10.6 Å². The van der Waals surface area contributed by atoms with Crippen molar-refractivity contribution in [1.82, 2.24) is 25.0 Å². The van der Waals surface area contributed by atoms with Gasteiger partial charge in [0.25, 0.3) is 5.91 Å². The van der Waals surface area contributed by atoms with Crippen molar-refractivity contribution in [2.24, 2.45) is 4.99 Å². The molecule has 2 N–H and O–H groups in total. The molecule has 1 saturated heterocycles. The Balaban J connectivity index is 1.44. The van der Waals surface area contributed by atoms with E-state index in [-0.39, 0.29) is 40.7 Å². The van der Waals surface area contributed by atoms with Crippen molar-refractivity contribution in [1.29, 1.82) is 0 Å². The minimum atomic E-state index is -4.73. The number of hydrogen-bond donors (Lipinski definition) is 2. The molecular weight excluding hydrogens is 626 g/mol. The number of thiazole rings is 1. The standard InChI is InChI=1S/C28H34ClF4N7O3S/c1-4-38(5-2)16-22-25(18-10-19(28(31,32)33)12-20(30)11-18)36-27(44-22)37-26(42)21-13-35-23(14-34-21)40-9-8-39(17(3)15-40)7-6-24(41)43-29/h10-14,17,23,35H,4-9,15-16H2,1-3H3,(H,36,37,42)/t17-,23?/m1/s1. The molecule has 0 bridgehead atoms. The van der Waals surface area contributed by atoms with E-state index in [1.54, 1.807) is 6.21 Å². The predicted molar refractivity (Wildman–Crippen MR) is 160 cm³/mol. The van der Waals surface area contributed by atoms with Crippen LogP contribution in [0, 0.1) is 5.82 Å². The Labute approximate surface area is 261 Å². The van der Waals surface area contributed by atoms with Gasteiger partial charge in [0.05, 0.1) is 17.7 Å². The first kappa shape index (κ1) is 33.8. The molecule has 0 saturated carbocycles. The largest absolute Gasteiger partial charge is 0.416 e. The maximum absolute atomic E-state index is 14.3. The van der Waals surface area contributed by atoms with Crippen LogP contribution in [-0.2, 0) is 26.6 Å². The number of carbonyl (C=O) groups is 2. The minimum Gasteiger partial charge on any atom is -0.369 e. The van der Waals surface area contributed by atoms with E-state index in [9.17, 15) is 27.2 Å². The summed E-state index contributed by atoms with van der Waals surface area (Å²) in [6, 6.07) is 2.47. The average Bonchev–Trinajstić information content (AvgIpc) is 3.40. The lowest BCUT2D eigenvalue weighted by Crippen LogP contribution is -2.58. The summed E-state index contributed by atoms with van der Waals surface area (Å²) < 4.78 is 58.7. The lowest BCUT2D eigenvalue weighted by molar-refractivity contribution is -0.138. The van der Waals surface area contributed by atoms with Gasteiger partial charge in [0.15, 0.2) is 5.13 Å². The van der Waals surface area contributed by atoms with E-state index >= 15 is 0 Å². The van der Waals surface area contributed by atoms with Crippen LogP contribution in [0.2, 0.25) is 0 Å². The molecule has 2 aliphatic heterocycles. The number of carbonyl (C=O) groups excluding carboxylic acids is 2. The Bertz CT molecular complexity index is 1400. The van der Waals surface area contributed by atoms with Crippen LogP contribution in [0.25, 0.3) is 11.3 Å². The molecule has 16 heteroatoms. The first-order valence-corrected chi connectivity index (χ1v) is 15.3. The first-order valence-electron chi connectivity index (χ1n) is 14.1. The SMILES string of the molecule is CCN(CC)Cc1sc(NC(=O)C2=CNC(N3CCN(CCC(=O)OCl)[C@H](C)C3)C=N2)nc1-c1cc(F)cc(C(F)(F)F)c1. The molecule has 240 valence electrons. The Morgan fingerprint density at radius 3 is 2.59 bits per heavy atom. The predicted octanol–water partition coefficient (Wildman–Crippen LogP) is 4.68. The van der Waals surface area contributed by atoms with Crippen molar-refractivity contribution in [2.75, 3.05) is 44.6 Å². The molecule has 1 aromatic carbocycles. The van der Waals surface area contributed by atoms with Gasteiger partial charge in [-0.15, -0.1) is 0 Å². The van der Waals surface area contributed by atoms with E-state index in [1.165, 1.54) is 6.20 Å². The van der Waals surface area contributed by atoms with Crippen molar-refractivity contribution in [3.05, 3.63) is 46.4 Å². The lowest BCUT2D eigenvalue weighted by atomic mass is 10.1. The number of amides is 1. The van der Waals surface area contributed by atoms with Gasteiger partial charge in [-0.3, -0.25) is 34.6 Å². The number of benzene rings is 1. The zero-order valence-corrected chi connectivity index (χ0v) is 26.0. The van der Waals surface area contributed by atoms with Crippen molar-refractivity contribution in [2.45, 2.75) is 52.1 Å². The smallest absolute Gasteiger partial charge is 0.369 e. The molecule has 1 unspecified atom stereocenters. The van der Waals surface area contributed by atoms with E-state index in [4.69, 9.17) is 11.9 Å². The molecular formula is C28H34ClF4N7O3S. The second-order valence-corrected chi connectivity index (χ2v) is 11.7. The van der Waals surface area contributed by atoms with Crippen LogP contribution >= 0.6 is 23.2 Å². The summed E-state index contributed by atoms with van der Waals surface area (Å²) in [5, 5.41) is 6.03. The number of aromatic nitrogens is 1. The molecule has 2 atom stereocenters. The quantitative estimate of drug-likeness (QED) is 0.336. The zero-order valence-electron chi connectivity index (χ0n) is 24.5. The molecule has 10 nitrogen and oxygen atoms in total. The van der Waals surface area contributed by atoms with Gasteiger partial charge >= 0.3 is 12.1 Å². The molecule has 3 heterocycles. The highest BCUT2D eigenvalue weighted by Crippen LogP contribution is 2.37. The molecule has 2 aromatic rings. The maximum Gasteiger partial charge on any atom is 0.416 e. The van der Waals surface area contributed by atoms with Crippen LogP contribution in [0.5, 0.6) is 0 Å². The molecule has 1 amide bonds. The van der Waals surface area contributed by atoms with Crippen LogP contribution in [0.4, 0.5) is 22.7 Å². The summed E-state index contributed by atoms with van der Waals surface area (Å²) in [4.78, 5) is 40.2. The van der Waals surface area contributed by atoms with Crippen LogP contribution in [0.15, 0.2) is 35.1 Å². The minimum absolute atomic E-state index is 0.0241. The number of rotatable bonds is 11. The number of nitrogens with zero attached hydrogens (tertiary/aromatic N) is 5. The Morgan fingerprint density at radius 1 is 1.23 bits per heavy atom. The van der Waals surface area contributed by atoms with Gasteiger partial charge < -0.3 is 9.61 Å². The fourth-order valence-electron chi connectivity index (χ4n) is 5.04. The van der Waals surface area contributed by atoms with Crippen molar-refractivity contribution < 1.29 is 31.4 Å². The monoisotopic (exact) mass is 659 g/mol. The van der Waals surface area contributed by atoms with Gasteiger partial charge in [-0.05, 0) is 38.2 Å². The summed E-state index contributed by atoms with van der Waals surface area (Å²) in [5.41, 5.74) is -0.869. The molecule has 4 rings (SSSR count). The van der Waals surface area contributed by atoms with E-state index in [0.29, 0.717) is 50.2 Å². The van der Waals surface area contributed by atoms with Crippen molar-refractivity contribution >= 4 is 46.4 Å². The fraction of sp³-hybridized carbons (Fsp3) is 0.500. The molecule has 0 spiro atoms. The number of aliphatic imine (C=N–C) groups is 1. The number of alkyl halides is 3. The zero-order chi connectivity index (χ0) is 32.0. The highest BCUT2D eigenvalue weighted by Gasteiger charge is 2.32. The Kier molecular flexibility index (Phi) is 11.3. The van der Waals surface area contributed by atoms with Crippen molar-refractivity contribution in [3.63, 3.8) is 0 Å². The second kappa shape index (κ2) is 14.8. The third-order valence-electron chi connectivity index (χ3n) is 7.54. The molecule has 0 aliphatic carbocycles. The number of piperazine rings is 1. The number of nitrogens with one attached hydrogen (secondary N) is 2. The molecule has 1 fully saturated rings. The summed E-state index contributed by atoms with van der Waals surface area (Å²) >= 11 is 6.23. The third-order valence-corrected chi connectivity index (χ3v) is 8.66. The summed E-state index contributed by atoms with van der Waals surface area (Å²) in [6.45, 7) is 10.3.